The number of rotatable bonds is 6. The third-order valence-corrected chi connectivity index (χ3v) is 3.11. The molecule has 0 aliphatic heterocycles. The second kappa shape index (κ2) is 7.51. The van der Waals surface area contributed by atoms with Crippen molar-refractivity contribution < 1.29 is 19.1 Å². The fourth-order valence-corrected chi connectivity index (χ4v) is 2.04. The number of primary amides is 1. The maximum absolute atomic E-state index is 12.2. The number of carbonyl (C=O) groups excluding carboxylic acids is 2. The zero-order valence-corrected chi connectivity index (χ0v) is 13.1. The molecule has 120 valence electrons. The molecule has 0 bridgehead atoms. The van der Waals surface area contributed by atoms with Crippen molar-refractivity contribution in [3.63, 3.8) is 0 Å². The van der Waals surface area contributed by atoms with Gasteiger partial charge < -0.3 is 20.5 Å². The van der Waals surface area contributed by atoms with E-state index in [0.717, 1.165) is 0 Å². The third kappa shape index (κ3) is 4.62. The van der Waals surface area contributed by atoms with E-state index in [1.165, 1.54) is 19.2 Å². The maximum Gasteiger partial charge on any atom is 0.255 e. The van der Waals surface area contributed by atoms with Crippen LogP contribution in [0.15, 0.2) is 42.5 Å². The molecule has 0 aliphatic carbocycles. The third-order valence-electron chi connectivity index (χ3n) is 2.88. The first-order valence-corrected chi connectivity index (χ1v) is 7.03. The highest BCUT2D eigenvalue weighted by Gasteiger charge is 2.12. The van der Waals surface area contributed by atoms with E-state index in [0.29, 0.717) is 27.8 Å². The molecule has 0 unspecified atom stereocenters. The standard InChI is InChI=1S/C16H15ClN2O4/c1-22-14-7-10(5-6-13(14)23-9-15(18)20)16(21)19-12-4-2-3-11(17)8-12/h2-8H,9H2,1H3,(H2,18,20)(H,19,21). The molecular formula is C16H15ClN2O4. The largest absolute Gasteiger partial charge is 0.493 e. The van der Waals surface area contributed by atoms with Crippen LogP contribution in [0.5, 0.6) is 11.5 Å². The Morgan fingerprint density at radius 3 is 2.61 bits per heavy atom. The molecule has 2 aromatic rings. The van der Waals surface area contributed by atoms with Crippen LogP contribution in [0.3, 0.4) is 0 Å². The van der Waals surface area contributed by atoms with Crippen molar-refractivity contribution in [2.75, 3.05) is 19.0 Å². The summed E-state index contributed by atoms with van der Waals surface area (Å²) in [6.07, 6.45) is 0. The first kappa shape index (κ1) is 16.6. The van der Waals surface area contributed by atoms with Crippen LogP contribution >= 0.6 is 11.6 Å². The summed E-state index contributed by atoms with van der Waals surface area (Å²) >= 11 is 5.88. The van der Waals surface area contributed by atoms with Gasteiger partial charge in [-0.25, -0.2) is 0 Å². The van der Waals surface area contributed by atoms with E-state index in [2.05, 4.69) is 5.32 Å². The molecule has 0 fully saturated rings. The number of anilines is 1. The fraction of sp³-hybridized carbons (Fsp3) is 0.125. The molecular weight excluding hydrogens is 320 g/mol. The van der Waals surface area contributed by atoms with E-state index in [1.54, 1.807) is 30.3 Å². The Labute approximate surface area is 138 Å². The molecule has 2 aromatic carbocycles. The number of hydrogen-bond donors (Lipinski definition) is 2. The van der Waals surface area contributed by atoms with Crippen molar-refractivity contribution in [3.8, 4) is 11.5 Å². The lowest BCUT2D eigenvalue weighted by Gasteiger charge is -2.11. The van der Waals surface area contributed by atoms with Gasteiger partial charge in [0.05, 0.1) is 7.11 Å². The van der Waals surface area contributed by atoms with E-state index < -0.39 is 5.91 Å². The molecule has 0 aromatic heterocycles. The monoisotopic (exact) mass is 334 g/mol. The highest BCUT2D eigenvalue weighted by Crippen LogP contribution is 2.28. The number of carbonyl (C=O) groups is 2. The summed E-state index contributed by atoms with van der Waals surface area (Å²) in [7, 11) is 1.44. The summed E-state index contributed by atoms with van der Waals surface area (Å²) < 4.78 is 10.4. The van der Waals surface area contributed by atoms with E-state index in [-0.39, 0.29) is 12.5 Å². The number of amides is 2. The van der Waals surface area contributed by atoms with Crippen LogP contribution in [0, 0.1) is 0 Å². The van der Waals surface area contributed by atoms with Gasteiger partial charge in [-0.2, -0.15) is 0 Å². The van der Waals surface area contributed by atoms with Gasteiger partial charge in [0.2, 0.25) is 0 Å². The second-order valence-corrected chi connectivity index (χ2v) is 5.02. The fourth-order valence-electron chi connectivity index (χ4n) is 1.85. The Hall–Kier alpha value is -2.73. The minimum absolute atomic E-state index is 0.273. The van der Waals surface area contributed by atoms with Crippen LogP contribution in [-0.4, -0.2) is 25.5 Å². The van der Waals surface area contributed by atoms with Gasteiger partial charge in [0, 0.05) is 16.3 Å². The Morgan fingerprint density at radius 1 is 1.17 bits per heavy atom. The molecule has 0 spiro atoms. The molecule has 3 N–H and O–H groups in total. The van der Waals surface area contributed by atoms with E-state index >= 15 is 0 Å². The van der Waals surface area contributed by atoms with Crippen LogP contribution in [0.2, 0.25) is 5.02 Å². The minimum atomic E-state index is -0.602. The predicted molar refractivity (Wildman–Crippen MR) is 87.1 cm³/mol. The van der Waals surface area contributed by atoms with Crippen LogP contribution in [-0.2, 0) is 4.79 Å². The Morgan fingerprint density at radius 2 is 1.96 bits per heavy atom. The molecule has 0 aliphatic rings. The zero-order chi connectivity index (χ0) is 16.8. The molecule has 2 rings (SSSR count). The topological polar surface area (TPSA) is 90.7 Å². The number of nitrogens with one attached hydrogen (secondary N) is 1. The van der Waals surface area contributed by atoms with Crippen LogP contribution in [0.4, 0.5) is 5.69 Å². The van der Waals surface area contributed by atoms with Crippen LogP contribution in [0.1, 0.15) is 10.4 Å². The SMILES string of the molecule is COc1cc(C(=O)Nc2cccc(Cl)c2)ccc1OCC(N)=O. The van der Waals surface area contributed by atoms with Crippen LogP contribution in [0.25, 0.3) is 0 Å². The van der Waals surface area contributed by atoms with Crippen molar-refractivity contribution >= 4 is 29.1 Å². The highest BCUT2D eigenvalue weighted by atomic mass is 35.5. The Balaban J connectivity index is 2.16. The zero-order valence-electron chi connectivity index (χ0n) is 12.3. The molecule has 2 amide bonds. The summed E-state index contributed by atoms with van der Waals surface area (Å²) in [6, 6.07) is 11.4. The van der Waals surface area contributed by atoms with Gasteiger partial charge in [0.15, 0.2) is 18.1 Å². The van der Waals surface area contributed by atoms with Crippen molar-refractivity contribution in [1.82, 2.24) is 0 Å². The molecule has 0 radical (unpaired) electrons. The number of halogens is 1. The van der Waals surface area contributed by atoms with Gasteiger partial charge in [-0.1, -0.05) is 17.7 Å². The molecule has 23 heavy (non-hydrogen) atoms. The number of benzene rings is 2. The maximum atomic E-state index is 12.2. The number of ether oxygens (including phenoxy) is 2. The molecule has 0 heterocycles. The van der Waals surface area contributed by atoms with E-state index in [1.807, 2.05) is 0 Å². The Kier molecular flexibility index (Phi) is 5.43. The van der Waals surface area contributed by atoms with Crippen molar-refractivity contribution in [2.45, 2.75) is 0 Å². The summed E-state index contributed by atoms with van der Waals surface area (Å²) in [4.78, 5) is 23.0. The van der Waals surface area contributed by atoms with E-state index in [4.69, 9.17) is 26.8 Å². The number of hydrogen-bond acceptors (Lipinski definition) is 4. The van der Waals surface area contributed by atoms with Gasteiger partial charge >= 0.3 is 0 Å². The first-order chi connectivity index (χ1) is 11.0. The number of methoxy groups -OCH3 is 1. The second-order valence-electron chi connectivity index (χ2n) is 4.59. The molecule has 0 atom stereocenters. The van der Waals surface area contributed by atoms with Crippen molar-refractivity contribution in [2.24, 2.45) is 5.73 Å². The van der Waals surface area contributed by atoms with Gasteiger partial charge in [0.1, 0.15) is 0 Å². The summed E-state index contributed by atoms with van der Waals surface area (Å²) in [5.74, 6) is -0.280. The lowest BCUT2D eigenvalue weighted by molar-refractivity contribution is -0.119. The molecule has 0 saturated carbocycles. The normalized spacial score (nSPS) is 10.0. The summed E-state index contributed by atoms with van der Waals surface area (Å²) in [5.41, 5.74) is 5.98. The smallest absolute Gasteiger partial charge is 0.255 e. The van der Waals surface area contributed by atoms with Gasteiger partial charge in [-0.3, -0.25) is 9.59 Å². The predicted octanol–water partition coefficient (Wildman–Crippen LogP) is 2.46. The molecule has 6 nitrogen and oxygen atoms in total. The molecule has 0 saturated heterocycles. The first-order valence-electron chi connectivity index (χ1n) is 6.65. The summed E-state index contributed by atoms with van der Waals surface area (Å²) in [6.45, 7) is -0.273. The Bertz CT molecular complexity index is 734. The quantitative estimate of drug-likeness (QED) is 0.849. The van der Waals surface area contributed by atoms with Crippen LogP contribution < -0.4 is 20.5 Å². The van der Waals surface area contributed by atoms with Crippen molar-refractivity contribution in [3.05, 3.63) is 53.1 Å². The lowest BCUT2D eigenvalue weighted by atomic mass is 10.2. The van der Waals surface area contributed by atoms with E-state index in [9.17, 15) is 9.59 Å². The minimum Gasteiger partial charge on any atom is -0.493 e. The highest BCUT2D eigenvalue weighted by molar-refractivity contribution is 6.30. The average molecular weight is 335 g/mol. The molecule has 7 heteroatoms. The lowest BCUT2D eigenvalue weighted by Crippen LogP contribution is -2.20. The van der Waals surface area contributed by atoms with Gasteiger partial charge in [0.25, 0.3) is 11.8 Å². The van der Waals surface area contributed by atoms with Gasteiger partial charge in [-0.05, 0) is 36.4 Å². The van der Waals surface area contributed by atoms with Gasteiger partial charge in [-0.15, -0.1) is 0 Å². The average Bonchev–Trinajstić information content (AvgIpc) is 2.52. The van der Waals surface area contributed by atoms with Crippen molar-refractivity contribution in [1.29, 1.82) is 0 Å². The number of nitrogens with two attached hydrogens (primary N) is 1. The summed E-state index contributed by atoms with van der Waals surface area (Å²) in [5, 5.41) is 3.25.